The van der Waals surface area contributed by atoms with E-state index in [1.807, 2.05) is 6.92 Å². The molecule has 1 saturated heterocycles. The van der Waals surface area contributed by atoms with Gasteiger partial charge in [-0.15, -0.1) is 0 Å². The van der Waals surface area contributed by atoms with E-state index in [2.05, 4.69) is 17.1 Å². The molecule has 0 saturated carbocycles. The van der Waals surface area contributed by atoms with E-state index in [-0.39, 0.29) is 21.2 Å². The summed E-state index contributed by atoms with van der Waals surface area (Å²) in [6, 6.07) is 1.59. The molecule has 2 rings (SSSR count). The molecule has 0 bridgehead atoms. The number of hydrogen-bond acceptors (Lipinski definition) is 3. The highest BCUT2D eigenvalue weighted by molar-refractivity contribution is 8.28. The van der Waals surface area contributed by atoms with Crippen LogP contribution in [0.15, 0.2) is 11.1 Å². The molecule has 0 aliphatic carbocycles. The van der Waals surface area contributed by atoms with E-state index >= 15 is 0 Å². The third kappa shape index (κ3) is 5.27. The Morgan fingerprint density at radius 2 is 2.09 bits per heavy atom. The van der Waals surface area contributed by atoms with Crippen molar-refractivity contribution in [1.29, 1.82) is 0 Å². The third-order valence-corrected chi connectivity index (χ3v) is 9.49. The van der Waals surface area contributed by atoms with Crippen molar-refractivity contribution in [1.82, 2.24) is 9.93 Å². The van der Waals surface area contributed by atoms with Gasteiger partial charge in [0, 0.05) is 22.2 Å². The maximum atomic E-state index is 11.7. The van der Waals surface area contributed by atoms with Crippen molar-refractivity contribution in [2.75, 3.05) is 5.75 Å². The van der Waals surface area contributed by atoms with Crippen LogP contribution in [-0.4, -0.2) is 21.6 Å². The molecule has 0 aromatic carbocycles. The van der Waals surface area contributed by atoms with E-state index in [1.165, 1.54) is 4.94 Å². The molecular formula is C13H17Cl3N3O2PS. The number of hydrogen-bond donors (Lipinski definition) is 0. The lowest BCUT2D eigenvalue weighted by Gasteiger charge is -2.05. The van der Waals surface area contributed by atoms with Crippen LogP contribution in [0, 0.1) is 0 Å². The first-order chi connectivity index (χ1) is 11.0. The van der Waals surface area contributed by atoms with Crippen LogP contribution in [0.4, 0.5) is 0 Å². The van der Waals surface area contributed by atoms with E-state index < -0.39 is 7.00 Å². The zero-order chi connectivity index (χ0) is 17.0. The van der Waals surface area contributed by atoms with Crippen LogP contribution in [0.25, 0.3) is 5.20 Å². The summed E-state index contributed by atoms with van der Waals surface area (Å²) < 4.78 is 0. The van der Waals surface area contributed by atoms with E-state index in [9.17, 15) is 4.79 Å². The number of rotatable bonds is 7. The molecule has 1 aromatic heterocycles. The van der Waals surface area contributed by atoms with Crippen LogP contribution >= 0.6 is 41.8 Å². The van der Waals surface area contributed by atoms with Gasteiger partial charge in [-0.2, -0.15) is 0 Å². The molecular weight excluding hydrogens is 400 g/mol. The number of carbonyl (C=O) groups excluding carboxylic acids is 1. The Morgan fingerprint density at radius 3 is 2.74 bits per heavy atom. The molecule has 2 heterocycles. The second-order valence-corrected chi connectivity index (χ2v) is 10.9. The number of pyridine rings is 1. The van der Waals surface area contributed by atoms with Gasteiger partial charge in [0.2, 0.25) is 0 Å². The zero-order valence-corrected chi connectivity index (χ0v) is 16.7. The number of nitrogens with zero attached hydrogens (tertiary/aromatic N) is 3. The highest BCUT2D eigenvalue weighted by atomic mass is 35.5. The van der Waals surface area contributed by atoms with Gasteiger partial charge in [-0.05, 0) is 17.4 Å². The number of halogens is 3. The Hall–Kier alpha value is 0.0600. The monoisotopic (exact) mass is 415 g/mol. The number of aromatic nitrogens is 1. The Bertz CT molecular complexity index is 645. The first-order valence-electron chi connectivity index (χ1n) is 7.23. The quantitative estimate of drug-likeness (QED) is 0.240. The lowest BCUT2D eigenvalue weighted by atomic mass is 10.2. The highest BCUT2D eigenvalue weighted by Crippen LogP contribution is 2.61. The van der Waals surface area contributed by atoms with Gasteiger partial charge in [-0.25, -0.2) is 4.98 Å². The average molecular weight is 417 g/mol. The predicted molar refractivity (Wildman–Crippen MR) is 97.8 cm³/mol. The van der Waals surface area contributed by atoms with Gasteiger partial charge in [0.1, 0.15) is 10.2 Å². The summed E-state index contributed by atoms with van der Waals surface area (Å²) in [4.78, 5) is 22.7. The molecule has 0 amide bonds. The van der Waals surface area contributed by atoms with Crippen LogP contribution < -0.4 is 0 Å². The predicted octanol–water partition coefficient (Wildman–Crippen LogP) is 5.91. The summed E-state index contributed by atoms with van der Waals surface area (Å²) >= 11 is 18.1. The second-order valence-electron chi connectivity index (χ2n) is 4.72. The molecule has 1 aromatic rings. The Labute approximate surface area is 154 Å². The van der Waals surface area contributed by atoms with Crippen molar-refractivity contribution in [2.24, 2.45) is 0 Å². The minimum absolute atomic E-state index is 0.219. The maximum absolute atomic E-state index is 11.7. The van der Waals surface area contributed by atoms with Crippen molar-refractivity contribution >= 4 is 57.8 Å². The Morgan fingerprint density at radius 1 is 1.35 bits per heavy atom. The standard InChI is InChI=1S/C13H17Cl3N3O2PS/c1-3-5-6-7-11(20)21-19-18-22(19)23(4-2)13-10(15)8-9(14)12(16)17-13/h8H,3-7H2,1-2H3. The van der Waals surface area contributed by atoms with Crippen LogP contribution in [0.5, 0.6) is 0 Å². The van der Waals surface area contributed by atoms with Crippen LogP contribution in [0.2, 0.25) is 15.2 Å². The van der Waals surface area contributed by atoms with E-state index in [4.69, 9.17) is 39.6 Å². The lowest BCUT2D eigenvalue weighted by molar-refractivity contribution is -0.159. The van der Waals surface area contributed by atoms with Crippen molar-refractivity contribution in [2.45, 2.75) is 44.6 Å². The smallest absolute Gasteiger partial charge is 0.328 e. The highest BCUT2D eigenvalue weighted by Gasteiger charge is 2.36. The normalized spacial score (nSPS) is 19.5. The van der Waals surface area contributed by atoms with Gasteiger partial charge in [-0.1, -0.05) is 61.5 Å². The van der Waals surface area contributed by atoms with Gasteiger partial charge in [-0.3, -0.25) is 9.99 Å². The van der Waals surface area contributed by atoms with Crippen molar-refractivity contribution in [3.05, 3.63) is 26.5 Å². The molecule has 10 heteroatoms. The first-order valence-corrected chi connectivity index (χ1v) is 11.6. The van der Waals surface area contributed by atoms with Crippen molar-refractivity contribution < 1.29 is 9.63 Å². The van der Waals surface area contributed by atoms with E-state index in [1.54, 1.807) is 6.07 Å². The molecule has 5 nitrogen and oxygen atoms in total. The largest absolute Gasteiger partial charge is 0.343 e. The van der Waals surface area contributed by atoms with Gasteiger partial charge < -0.3 is 4.84 Å². The summed E-state index contributed by atoms with van der Waals surface area (Å²) in [6.45, 7) is 3.15. The van der Waals surface area contributed by atoms with Gasteiger partial charge in [0.05, 0.1) is 10.0 Å². The number of unbranched alkanes of at least 4 members (excludes halogenated alkanes) is 2. The van der Waals surface area contributed by atoms with Crippen LogP contribution in [0.3, 0.4) is 0 Å². The van der Waals surface area contributed by atoms with Gasteiger partial charge in [0.25, 0.3) is 0 Å². The summed E-state index contributed by atoms with van der Waals surface area (Å²) in [5, 5.41) is 5.93. The first kappa shape index (κ1) is 19.4. The molecule has 128 valence electrons. The van der Waals surface area contributed by atoms with E-state index in [0.29, 0.717) is 21.5 Å². The summed E-state index contributed by atoms with van der Waals surface area (Å²) in [6.07, 6.45) is 3.33. The zero-order valence-electron chi connectivity index (χ0n) is 12.8. The molecule has 3 unspecified atom stereocenters. The molecule has 0 N–H and O–H groups in total. The lowest BCUT2D eigenvalue weighted by Crippen LogP contribution is -2.07. The fourth-order valence-corrected chi connectivity index (χ4v) is 7.41. The molecule has 1 aliphatic rings. The van der Waals surface area contributed by atoms with Gasteiger partial charge >= 0.3 is 5.97 Å². The fourth-order valence-electron chi connectivity index (χ4n) is 1.81. The SMILES string of the molecule is CCCCCC(=O)ON1[N-]/[P+]1=S(\CC)c1nc(Cl)c(Cl)cc1Cl. The molecule has 1 aliphatic heterocycles. The molecule has 3 atom stereocenters. The van der Waals surface area contributed by atoms with E-state index in [0.717, 1.165) is 25.0 Å². The molecule has 0 radical (unpaired) electrons. The van der Waals surface area contributed by atoms with Gasteiger partial charge in [0.15, 0.2) is 7.00 Å². The van der Waals surface area contributed by atoms with Crippen LogP contribution in [-0.2, 0) is 19.7 Å². The minimum atomic E-state index is -0.949. The summed E-state index contributed by atoms with van der Waals surface area (Å²) in [5.41, 5.74) is 0. The molecule has 0 spiro atoms. The Balaban J connectivity index is 2.09. The Kier molecular flexibility index (Phi) is 7.55. The molecule has 1 fully saturated rings. The van der Waals surface area contributed by atoms with Crippen LogP contribution in [0.1, 0.15) is 39.5 Å². The van der Waals surface area contributed by atoms with Crippen molar-refractivity contribution in [3.63, 3.8) is 0 Å². The topological polar surface area (TPSA) is 56.3 Å². The summed E-state index contributed by atoms with van der Waals surface area (Å²) in [7, 11) is -0.359. The third-order valence-electron chi connectivity index (χ3n) is 2.99. The number of carbonyl (C=O) groups is 1. The van der Waals surface area contributed by atoms with Crippen molar-refractivity contribution in [3.8, 4) is 0 Å². The summed E-state index contributed by atoms with van der Waals surface area (Å²) in [5.74, 6) is 0.532. The minimum Gasteiger partial charge on any atom is -0.343 e. The molecule has 23 heavy (non-hydrogen) atoms. The fraction of sp³-hybridized carbons (Fsp3) is 0.538. The maximum Gasteiger partial charge on any atom is 0.328 e. The second kappa shape index (κ2) is 8.95. The average Bonchev–Trinajstić information content (AvgIpc) is 3.24.